The maximum Gasteiger partial charge on any atom is 0.335 e. The summed E-state index contributed by atoms with van der Waals surface area (Å²) in [6.07, 6.45) is 2.99. The van der Waals surface area contributed by atoms with E-state index in [-0.39, 0.29) is 41.7 Å². The number of hydrogen-bond acceptors (Lipinski definition) is 9. The first kappa shape index (κ1) is 23.0. The highest BCUT2D eigenvalue weighted by atomic mass is 32.2. The zero-order chi connectivity index (χ0) is 23.4. The van der Waals surface area contributed by atoms with E-state index in [1.54, 1.807) is 16.9 Å². The lowest BCUT2D eigenvalue weighted by Gasteiger charge is -2.15. The zero-order valence-corrected chi connectivity index (χ0v) is 18.6. The Morgan fingerprint density at radius 2 is 2.03 bits per heavy atom. The molecular formula is C21H24N6O5S. The lowest BCUT2D eigenvalue weighted by Crippen LogP contribution is -2.31. The zero-order valence-electron chi connectivity index (χ0n) is 17.8. The van der Waals surface area contributed by atoms with Crippen molar-refractivity contribution in [3.05, 3.63) is 71.9 Å². The van der Waals surface area contributed by atoms with Crippen molar-refractivity contribution in [2.45, 2.75) is 37.6 Å². The molecule has 1 aliphatic carbocycles. The van der Waals surface area contributed by atoms with Crippen LogP contribution in [0.1, 0.15) is 34.5 Å². The SMILES string of the molecule is CNS(=O)(=O)O[C@H]1C[C@H](Nc2ncncc2C(=O)c2ccn(Cc3ccccc3)n2)C[C@@H]1O. The largest absolute Gasteiger partial charge is 0.390 e. The monoisotopic (exact) mass is 472 g/mol. The molecule has 3 aromatic rings. The first-order valence-corrected chi connectivity index (χ1v) is 11.7. The van der Waals surface area contributed by atoms with E-state index in [0.29, 0.717) is 6.54 Å². The molecule has 0 aliphatic heterocycles. The molecule has 1 fully saturated rings. The molecule has 3 atom stereocenters. The first-order valence-electron chi connectivity index (χ1n) is 10.3. The van der Waals surface area contributed by atoms with Crippen molar-refractivity contribution in [1.82, 2.24) is 24.5 Å². The highest BCUT2D eigenvalue weighted by Crippen LogP contribution is 2.27. The number of aliphatic hydroxyl groups excluding tert-OH is 1. The second kappa shape index (κ2) is 9.75. The molecule has 33 heavy (non-hydrogen) atoms. The molecule has 4 rings (SSSR count). The molecule has 11 nitrogen and oxygen atoms in total. The van der Waals surface area contributed by atoms with Gasteiger partial charge in [-0.1, -0.05) is 30.3 Å². The van der Waals surface area contributed by atoms with Crippen molar-refractivity contribution in [2.24, 2.45) is 0 Å². The van der Waals surface area contributed by atoms with Gasteiger partial charge >= 0.3 is 10.3 Å². The predicted octanol–water partition coefficient (Wildman–Crippen LogP) is 0.737. The van der Waals surface area contributed by atoms with E-state index in [4.69, 9.17) is 4.18 Å². The van der Waals surface area contributed by atoms with Gasteiger partial charge in [0.05, 0.1) is 18.2 Å². The molecule has 0 spiro atoms. The van der Waals surface area contributed by atoms with Gasteiger partial charge in [-0.25, -0.2) is 9.97 Å². The average molecular weight is 473 g/mol. The lowest BCUT2D eigenvalue weighted by molar-refractivity contribution is 0.0636. The fourth-order valence-corrected chi connectivity index (χ4v) is 4.32. The summed E-state index contributed by atoms with van der Waals surface area (Å²) in [5.74, 6) is -0.0732. The van der Waals surface area contributed by atoms with Crippen molar-refractivity contribution in [1.29, 1.82) is 0 Å². The minimum atomic E-state index is -3.94. The van der Waals surface area contributed by atoms with Gasteiger partial charge in [0.2, 0.25) is 5.78 Å². The second-order valence-corrected chi connectivity index (χ2v) is 9.18. The number of nitrogens with zero attached hydrogens (tertiary/aromatic N) is 4. The minimum absolute atomic E-state index is 0.214. The molecule has 2 heterocycles. The summed E-state index contributed by atoms with van der Waals surface area (Å²) in [6, 6.07) is 11.0. The highest BCUT2D eigenvalue weighted by molar-refractivity contribution is 7.84. The molecule has 1 saturated carbocycles. The molecule has 3 N–H and O–H groups in total. The number of carbonyl (C=O) groups is 1. The van der Waals surface area contributed by atoms with Gasteiger partial charge in [0.15, 0.2) is 0 Å². The van der Waals surface area contributed by atoms with E-state index in [9.17, 15) is 18.3 Å². The van der Waals surface area contributed by atoms with Crippen LogP contribution in [-0.2, 0) is 21.0 Å². The van der Waals surface area contributed by atoms with Crippen molar-refractivity contribution in [2.75, 3.05) is 12.4 Å². The van der Waals surface area contributed by atoms with Crippen LogP contribution >= 0.6 is 0 Å². The maximum atomic E-state index is 13.1. The third-order valence-corrected chi connectivity index (χ3v) is 6.33. The molecule has 0 saturated heterocycles. The van der Waals surface area contributed by atoms with E-state index in [2.05, 4.69) is 25.1 Å². The number of anilines is 1. The van der Waals surface area contributed by atoms with Gasteiger partial charge < -0.3 is 10.4 Å². The predicted molar refractivity (Wildman–Crippen MR) is 119 cm³/mol. The van der Waals surface area contributed by atoms with Crippen LogP contribution in [0.15, 0.2) is 55.1 Å². The Labute approximate surface area is 191 Å². The summed E-state index contributed by atoms with van der Waals surface area (Å²) in [5, 5.41) is 17.7. The molecule has 0 bridgehead atoms. The molecule has 1 aromatic carbocycles. The number of rotatable bonds is 9. The molecular weight excluding hydrogens is 448 g/mol. The summed E-state index contributed by atoms with van der Waals surface area (Å²) < 4.78 is 32.0. The van der Waals surface area contributed by atoms with Gasteiger partial charge in [0.1, 0.15) is 23.9 Å². The van der Waals surface area contributed by atoms with Crippen molar-refractivity contribution in [3.8, 4) is 0 Å². The lowest BCUT2D eigenvalue weighted by atomic mass is 10.1. The van der Waals surface area contributed by atoms with Gasteiger partial charge in [-0.15, -0.1) is 0 Å². The van der Waals surface area contributed by atoms with Crippen LogP contribution in [0, 0.1) is 0 Å². The summed E-state index contributed by atoms with van der Waals surface area (Å²) in [7, 11) is -2.71. The van der Waals surface area contributed by atoms with Crippen molar-refractivity contribution < 1.29 is 22.5 Å². The van der Waals surface area contributed by atoms with E-state index in [1.807, 2.05) is 30.3 Å². The number of benzene rings is 1. The number of nitrogens with one attached hydrogen (secondary N) is 2. The Morgan fingerprint density at radius 1 is 1.24 bits per heavy atom. The average Bonchev–Trinajstić information content (AvgIpc) is 3.40. The van der Waals surface area contributed by atoms with Crippen LogP contribution in [-0.4, -0.2) is 64.4 Å². The van der Waals surface area contributed by atoms with Gasteiger partial charge in [-0.2, -0.15) is 18.2 Å². The summed E-state index contributed by atoms with van der Waals surface area (Å²) in [4.78, 5) is 21.2. The van der Waals surface area contributed by atoms with E-state index in [0.717, 1.165) is 5.56 Å². The maximum absolute atomic E-state index is 13.1. The normalized spacial score (nSPS) is 20.6. The van der Waals surface area contributed by atoms with Crippen LogP contribution in [0.5, 0.6) is 0 Å². The number of ketones is 1. The molecule has 1 aliphatic rings. The fourth-order valence-electron chi connectivity index (χ4n) is 3.69. The van der Waals surface area contributed by atoms with Crippen molar-refractivity contribution in [3.63, 3.8) is 0 Å². The fraction of sp³-hybridized carbons (Fsp3) is 0.333. The van der Waals surface area contributed by atoms with Gasteiger partial charge in [0, 0.05) is 25.5 Å². The van der Waals surface area contributed by atoms with Crippen LogP contribution in [0.4, 0.5) is 5.82 Å². The van der Waals surface area contributed by atoms with Crippen LogP contribution in [0.2, 0.25) is 0 Å². The molecule has 0 radical (unpaired) electrons. The first-order chi connectivity index (χ1) is 15.8. The topological polar surface area (TPSA) is 148 Å². The summed E-state index contributed by atoms with van der Waals surface area (Å²) >= 11 is 0. The smallest absolute Gasteiger partial charge is 0.335 e. The Hall–Kier alpha value is -3.19. The quantitative estimate of drug-likeness (QED) is 0.383. The van der Waals surface area contributed by atoms with Gasteiger partial charge in [-0.3, -0.25) is 13.7 Å². The number of hydrogen-bond donors (Lipinski definition) is 3. The third-order valence-electron chi connectivity index (χ3n) is 5.33. The van der Waals surface area contributed by atoms with Crippen LogP contribution in [0.3, 0.4) is 0 Å². The Morgan fingerprint density at radius 3 is 2.79 bits per heavy atom. The summed E-state index contributed by atoms with van der Waals surface area (Å²) in [5.41, 5.74) is 1.53. The Balaban J connectivity index is 1.46. The van der Waals surface area contributed by atoms with E-state index >= 15 is 0 Å². The third kappa shape index (κ3) is 5.60. The molecule has 174 valence electrons. The molecule has 0 unspecified atom stereocenters. The number of aromatic nitrogens is 4. The standard InChI is InChI=1S/C21H24N6O5S/c1-22-33(30,31)32-19-10-15(9-18(19)28)25-21-16(11-23-13-24-21)20(29)17-7-8-27(26-17)12-14-5-3-2-4-6-14/h2-8,11,13,15,18-19,22,28H,9-10,12H2,1H3,(H,23,24,25)/t15-,18+,19+/m1/s1. The highest BCUT2D eigenvalue weighted by Gasteiger charge is 2.37. The number of carbonyl (C=O) groups excluding carboxylic acids is 1. The molecule has 0 amide bonds. The van der Waals surface area contributed by atoms with Crippen molar-refractivity contribution >= 4 is 21.9 Å². The van der Waals surface area contributed by atoms with E-state index < -0.39 is 22.5 Å². The molecule has 12 heteroatoms. The van der Waals surface area contributed by atoms with Crippen LogP contribution < -0.4 is 10.0 Å². The second-order valence-electron chi connectivity index (χ2n) is 7.67. The van der Waals surface area contributed by atoms with Gasteiger partial charge in [0.25, 0.3) is 0 Å². The Kier molecular flexibility index (Phi) is 6.79. The Bertz CT molecular complexity index is 1220. The summed E-state index contributed by atoms with van der Waals surface area (Å²) in [6.45, 7) is 0.529. The van der Waals surface area contributed by atoms with E-state index in [1.165, 1.54) is 19.6 Å². The molecule has 2 aromatic heterocycles. The van der Waals surface area contributed by atoms with Gasteiger partial charge in [-0.05, 0) is 24.5 Å². The minimum Gasteiger partial charge on any atom is -0.390 e. The number of aliphatic hydroxyl groups is 1. The van der Waals surface area contributed by atoms with Crippen LogP contribution in [0.25, 0.3) is 0 Å².